The van der Waals surface area contributed by atoms with Gasteiger partial charge in [0.1, 0.15) is 0 Å². The zero-order chi connectivity index (χ0) is 11.5. The molecule has 84 valence electrons. The van der Waals surface area contributed by atoms with Crippen LogP contribution in [-0.4, -0.2) is 18.5 Å². The lowest BCUT2D eigenvalue weighted by Gasteiger charge is -2.11. The average Bonchev–Trinajstić information content (AvgIpc) is 2.16. The van der Waals surface area contributed by atoms with E-state index in [1.54, 1.807) is 0 Å². The summed E-state index contributed by atoms with van der Waals surface area (Å²) in [6.07, 6.45) is -3.59. The van der Waals surface area contributed by atoms with Crippen molar-refractivity contribution < 1.29 is 22.6 Å². The van der Waals surface area contributed by atoms with Gasteiger partial charge >= 0.3 is 6.36 Å². The van der Waals surface area contributed by atoms with Gasteiger partial charge < -0.3 is 15.2 Å². The highest BCUT2D eigenvalue weighted by atomic mass is 19.4. The molecular weight excluding hydrogens is 213 g/mol. The molecule has 4 nitrogen and oxygen atoms in total. The fourth-order valence-electron chi connectivity index (χ4n) is 0.917. The Kier molecular flexibility index (Phi) is 3.35. The molecule has 7 heteroatoms. The summed E-state index contributed by atoms with van der Waals surface area (Å²) < 4.78 is 44.0. The minimum Gasteiger partial charge on any atom is -0.491 e. The largest absolute Gasteiger partial charge is 0.574 e. The van der Waals surface area contributed by atoms with E-state index >= 15 is 0 Å². The number of rotatable bonds is 3. The molecule has 0 unspecified atom stereocenters. The Balaban J connectivity index is 2.97. The summed E-state index contributed by atoms with van der Waals surface area (Å²) in [4.78, 5) is 3.46. The van der Waals surface area contributed by atoms with Gasteiger partial charge in [0.15, 0.2) is 5.75 Å². The predicted octanol–water partition coefficient (Wildman–Crippen LogP) is 1.45. The Morgan fingerprint density at radius 1 is 1.47 bits per heavy atom. The van der Waals surface area contributed by atoms with Gasteiger partial charge in [-0.15, -0.1) is 13.2 Å². The molecule has 1 rings (SSSR count). The lowest BCUT2D eigenvalue weighted by molar-refractivity contribution is -0.276. The van der Waals surface area contributed by atoms with Gasteiger partial charge in [0.05, 0.1) is 7.11 Å². The second-order valence-electron chi connectivity index (χ2n) is 2.60. The van der Waals surface area contributed by atoms with Crippen LogP contribution in [0.25, 0.3) is 0 Å². The Labute approximate surface area is 83.8 Å². The van der Waals surface area contributed by atoms with Crippen LogP contribution in [0.5, 0.6) is 11.6 Å². The SMILES string of the molecule is COc1cc(CN)cnc1OC(F)(F)F. The summed E-state index contributed by atoms with van der Waals surface area (Å²) >= 11 is 0. The Hall–Kier alpha value is -1.50. The second-order valence-corrected chi connectivity index (χ2v) is 2.60. The summed E-state index contributed by atoms with van der Waals surface area (Å²) in [5, 5.41) is 0. The molecule has 2 N–H and O–H groups in total. The summed E-state index contributed by atoms with van der Waals surface area (Å²) in [5.74, 6) is -0.725. The third kappa shape index (κ3) is 3.28. The molecule has 0 aliphatic carbocycles. The molecule has 0 saturated carbocycles. The third-order valence-corrected chi connectivity index (χ3v) is 1.54. The van der Waals surface area contributed by atoms with E-state index in [1.807, 2.05) is 0 Å². The molecule has 0 saturated heterocycles. The van der Waals surface area contributed by atoms with Crippen LogP contribution in [0.3, 0.4) is 0 Å². The van der Waals surface area contributed by atoms with Crippen LogP contribution in [0.1, 0.15) is 5.56 Å². The van der Waals surface area contributed by atoms with Crippen molar-refractivity contribution in [2.45, 2.75) is 12.9 Å². The first-order chi connectivity index (χ1) is 6.96. The molecule has 0 fully saturated rings. The van der Waals surface area contributed by atoms with Crippen LogP contribution in [0.15, 0.2) is 12.3 Å². The molecule has 1 aromatic rings. The van der Waals surface area contributed by atoms with E-state index in [-0.39, 0.29) is 12.3 Å². The normalized spacial score (nSPS) is 11.3. The lowest BCUT2D eigenvalue weighted by Crippen LogP contribution is -2.18. The zero-order valence-electron chi connectivity index (χ0n) is 7.84. The maximum Gasteiger partial charge on any atom is 0.574 e. The maximum absolute atomic E-state index is 11.9. The van der Waals surface area contributed by atoms with Crippen molar-refractivity contribution >= 4 is 0 Å². The molecule has 1 aromatic heterocycles. The minimum absolute atomic E-state index is 0.102. The number of alkyl halides is 3. The van der Waals surface area contributed by atoms with E-state index in [4.69, 9.17) is 10.5 Å². The third-order valence-electron chi connectivity index (χ3n) is 1.54. The smallest absolute Gasteiger partial charge is 0.491 e. The number of nitrogens with two attached hydrogens (primary N) is 1. The van der Waals surface area contributed by atoms with Crippen LogP contribution < -0.4 is 15.2 Å². The van der Waals surface area contributed by atoms with Crippen molar-refractivity contribution in [3.8, 4) is 11.6 Å². The quantitative estimate of drug-likeness (QED) is 0.840. The van der Waals surface area contributed by atoms with Gasteiger partial charge in [0, 0.05) is 12.7 Å². The number of hydrogen-bond acceptors (Lipinski definition) is 4. The van der Waals surface area contributed by atoms with Crippen LogP contribution in [0.4, 0.5) is 13.2 Å². The van der Waals surface area contributed by atoms with E-state index in [9.17, 15) is 13.2 Å². The first kappa shape index (κ1) is 11.6. The molecule has 1 heterocycles. The molecule has 0 aliphatic rings. The highest BCUT2D eigenvalue weighted by Gasteiger charge is 2.33. The Bertz CT molecular complexity index is 341. The number of methoxy groups -OCH3 is 1. The van der Waals surface area contributed by atoms with E-state index < -0.39 is 12.2 Å². The molecular formula is C8H9F3N2O2. The van der Waals surface area contributed by atoms with Crippen LogP contribution in [-0.2, 0) is 6.54 Å². The number of hydrogen-bond donors (Lipinski definition) is 1. The van der Waals surface area contributed by atoms with Crippen molar-refractivity contribution in [2.75, 3.05) is 7.11 Å². The van der Waals surface area contributed by atoms with E-state index in [2.05, 4.69) is 9.72 Å². The van der Waals surface area contributed by atoms with Crippen molar-refractivity contribution in [1.29, 1.82) is 0 Å². The lowest BCUT2D eigenvalue weighted by atomic mass is 10.3. The molecule has 0 amide bonds. The molecule has 0 radical (unpaired) electrons. The second kappa shape index (κ2) is 4.35. The van der Waals surface area contributed by atoms with E-state index in [0.717, 1.165) is 0 Å². The molecule has 0 spiro atoms. The van der Waals surface area contributed by atoms with Crippen molar-refractivity contribution in [3.05, 3.63) is 17.8 Å². The first-order valence-electron chi connectivity index (χ1n) is 3.95. The van der Waals surface area contributed by atoms with Gasteiger partial charge in [-0.05, 0) is 11.6 Å². The summed E-state index contributed by atoms with van der Waals surface area (Å²) in [7, 11) is 1.22. The van der Waals surface area contributed by atoms with E-state index in [0.29, 0.717) is 5.56 Å². The van der Waals surface area contributed by atoms with Gasteiger partial charge in [-0.1, -0.05) is 0 Å². The van der Waals surface area contributed by atoms with Gasteiger partial charge in [0.2, 0.25) is 0 Å². The number of halogens is 3. The fraction of sp³-hybridized carbons (Fsp3) is 0.375. The highest BCUT2D eigenvalue weighted by Crippen LogP contribution is 2.30. The molecule has 0 atom stereocenters. The topological polar surface area (TPSA) is 57.4 Å². The molecule has 15 heavy (non-hydrogen) atoms. The standard InChI is InChI=1S/C8H9F3N2O2/c1-14-6-2-5(3-12)4-13-7(6)15-8(9,10)11/h2,4H,3,12H2,1H3. The van der Waals surface area contributed by atoms with Crippen LogP contribution in [0, 0.1) is 0 Å². The van der Waals surface area contributed by atoms with Crippen LogP contribution >= 0.6 is 0 Å². The summed E-state index contributed by atoms with van der Waals surface area (Å²) in [6, 6.07) is 1.34. The fourth-order valence-corrected chi connectivity index (χ4v) is 0.917. The number of ether oxygens (including phenoxy) is 2. The van der Waals surface area contributed by atoms with Gasteiger partial charge in [-0.25, -0.2) is 4.98 Å². The van der Waals surface area contributed by atoms with E-state index in [1.165, 1.54) is 19.4 Å². The monoisotopic (exact) mass is 222 g/mol. The minimum atomic E-state index is -4.79. The molecule has 0 aromatic carbocycles. The van der Waals surface area contributed by atoms with Gasteiger partial charge in [-0.2, -0.15) is 0 Å². The average molecular weight is 222 g/mol. The molecule has 0 aliphatic heterocycles. The van der Waals surface area contributed by atoms with Crippen LogP contribution in [0.2, 0.25) is 0 Å². The number of pyridine rings is 1. The zero-order valence-corrected chi connectivity index (χ0v) is 7.84. The maximum atomic E-state index is 11.9. The number of aromatic nitrogens is 1. The summed E-state index contributed by atoms with van der Waals surface area (Å²) in [5.41, 5.74) is 5.85. The molecule has 0 bridgehead atoms. The Morgan fingerprint density at radius 3 is 2.60 bits per heavy atom. The van der Waals surface area contributed by atoms with Crippen molar-refractivity contribution in [3.63, 3.8) is 0 Å². The predicted molar refractivity (Wildman–Crippen MR) is 45.4 cm³/mol. The Morgan fingerprint density at radius 2 is 2.13 bits per heavy atom. The van der Waals surface area contributed by atoms with Gasteiger partial charge in [-0.3, -0.25) is 0 Å². The highest BCUT2D eigenvalue weighted by molar-refractivity contribution is 5.36. The van der Waals surface area contributed by atoms with Gasteiger partial charge in [0.25, 0.3) is 5.88 Å². The summed E-state index contributed by atoms with van der Waals surface area (Å²) in [6.45, 7) is 0.162. The van der Waals surface area contributed by atoms with Crippen molar-refractivity contribution in [2.24, 2.45) is 5.73 Å². The number of nitrogens with zero attached hydrogens (tertiary/aromatic N) is 1. The van der Waals surface area contributed by atoms with Crippen molar-refractivity contribution in [1.82, 2.24) is 4.98 Å². The first-order valence-corrected chi connectivity index (χ1v) is 3.95.